The van der Waals surface area contributed by atoms with Crippen molar-refractivity contribution in [1.82, 2.24) is 9.97 Å². The highest BCUT2D eigenvalue weighted by Crippen LogP contribution is 2.32. The first kappa shape index (κ1) is 16.3. The fourth-order valence-corrected chi connectivity index (χ4v) is 2.33. The van der Waals surface area contributed by atoms with Crippen LogP contribution in [-0.2, 0) is 11.0 Å². The Kier molecular flexibility index (Phi) is 4.70. The van der Waals surface area contributed by atoms with E-state index in [2.05, 4.69) is 9.97 Å². The molecule has 116 valence electrons. The average Bonchev–Trinajstić information content (AvgIpc) is 2.46. The largest absolute Gasteiger partial charge is 0.433 e. The van der Waals surface area contributed by atoms with E-state index >= 15 is 0 Å². The zero-order chi connectivity index (χ0) is 16.3. The summed E-state index contributed by atoms with van der Waals surface area (Å²) in [6.45, 7) is 1.48. The maximum Gasteiger partial charge on any atom is 0.433 e. The molecule has 2 aromatic rings. The molecule has 0 aliphatic rings. The Bertz CT molecular complexity index is 677. The Morgan fingerprint density at radius 2 is 1.86 bits per heavy atom. The Morgan fingerprint density at radius 3 is 2.41 bits per heavy atom. The smallest absolute Gasteiger partial charge is 0.369 e. The molecule has 1 atom stereocenters. The third kappa shape index (κ3) is 3.97. The lowest BCUT2D eigenvalue weighted by molar-refractivity contribution is -0.141. The Hall–Kier alpha value is -2.09. The summed E-state index contributed by atoms with van der Waals surface area (Å²) in [6, 6.07) is 9.32. The monoisotopic (exact) mass is 327 g/mol. The topological polar surface area (TPSA) is 68.9 Å². The van der Waals surface area contributed by atoms with Crippen LogP contribution in [0.1, 0.15) is 12.6 Å². The SMILES string of the molecule is CC(Sc1nc(-c2ccccc2)cc(C(F)(F)F)n1)C(N)=O. The van der Waals surface area contributed by atoms with Crippen LogP contribution in [0.4, 0.5) is 13.2 Å². The van der Waals surface area contributed by atoms with Crippen LogP contribution in [0, 0.1) is 0 Å². The predicted octanol–water partition coefficient (Wildman–Crippen LogP) is 3.13. The molecule has 1 unspecified atom stereocenters. The second-order valence-electron chi connectivity index (χ2n) is 4.45. The van der Waals surface area contributed by atoms with Gasteiger partial charge in [0.15, 0.2) is 5.16 Å². The first-order chi connectivity index (χ1) is 10.3. The maximum atomic E-state index is 13.0. The molecule has 0 saturated carbocycles. The fourth-order valence-electron chi connectivity index (χ4n) is 1.60. The lowest BCUT2D eigenvalue weighted by atomic mass is 10.1. The molecule has 1 amide bonds. The number of amides is 1. The number of nitrogens with two attached hydrogens (primary N) is 1. The van der Waals surface area contributed by atoms with Gasteiger partial charge in [0, 0.05) is 5.56 Å². The zero-order valence-corrected chi connectivity index (χ0v) is 12.3. The zero-order valence-electron chi connectivity index (χ0n) is 11.5. The Labute approximate surface area is 129 Å². The number of aromatic nitrogens is 2. The van der Waals surface area contributed by atoms with E-state index < -0.39 is 23.0 Å². The molecule has 22 heavy (non-hydrogen) atoms. The molecule has 1 heterocycles. The number of nitrogens with zero attached hydrogens (tertiary/aromatic N) is 2. The van der Waals surface area contributed by atoms with Gasteiger partial charge in [0.1, 0.15) is 5.69 Å². The van der Waals surface area contributed by atoms with Gasteiger partial charge < -0.3 is 5.73 Å². The van der Waals surface area contributed by atoms with E-state index in [1.165, 1.54) is 6.92 Å². The van der Waals surface area contributed by atoms with E-state index in [1.54, 1.807) is 30.3 Å². The molecule has 2 N–H and O–H groups in total. The van der Waals surface area contributed by atoms with Crippen LogP contribution >= 0.6 is 11.8 Å². The molecule has 0 fully saturated rings. The van der Waals surface area contributed by atoms with Crippen molar-refractivity contribution in [3.63, 3.8) is 0 Å². The average molecular weight is 327 g/mol. The molecule has 0 saturated heterocycles. The third-order valence-corrected chi connectivity index (χ3v) is 3.73. The molecule has 0 spiro atoms. The van der Waals surface area contributed by atoms with E-state index in [0.717, 1.165) is 17.8 Å². The standard InChI is InChI=1S/C14H12F3N3OS/c1-8(12(18)21)22-13-19-10(9-5-3-2-4-6-9)7-11(20-13)14(15,16)17/h2-8H,1H3,(H2,18,21). The van der Waals surface area contributed by atoms with Crippen LogP contribution < -0.4 is 5.73 Å². The summed E-state index contributed by atoms with van der Waals surface area (Å²) >= 11 is 0.794. The highest BCUT2D eigenvalue weighted by molar-refractivity contribution is 8.00. The number of alkyl halides is 3. The third-order valence-electron chi connectivity index (χ3n) is 2.75. The maximum absolute atomic E-state index is 13.0. The minimum atomic E-state index is -4.60. The van der Waals surface area contributed by atoms with Crippen LogP contribution in [0.3, 0.4) is 0 Å². The molecule has 0 aliphatic carbocycles. The van der Waals surface area contributed by atoms with Crippen LogP contribution in [0.5, 0.6) is 0 Å². The van der Waals surface area contributed by atoms with Crippen molar-refractivity contribution in [2.45, 2.75) is 23.5 Å². The van der Waals surface area contributed by atoms with Crippen molar-refractivity contribution in [1.29, 1.82) is 0 Å². The Morgan fingerprint density at radius 1 is 1.23 bits per heavy atom. The highest BCUT2D eigenvalue weighted by atomic mass is 32.2. The van der Waals surface area contributed by atoms with Crippen molar-refractivity contribution in [2.75, 3.05) is 0 Å². The van der Waals surface area contributed by atoms with E-state index in [0.29, 0.717) is 5.56 Å². The van der Waals surface area contributed by atoms with E-state index in [1.807, 2.05) is 0 Å². The molecule has 1 aromatic heterocycles. The lowest BCUT2D eigenvalue weighted by Gasteiger charge is -2.12. The van der Waals surface area contributed by atoms with Crippen molar-refractivity contribution >= 4 is 17.7 Å². The molecule has 0 aliphatic heterocycles. The van der Waals surface area contributed by atoms with E-state index in [4.69, 9.17) is 5.73 Å². The van der Waals surface area contributed by atoms with Gasteiger partial charge in [-0.25, -0.2) is 9.97 Å². The summed E-state index contributed by atoms with van der Waals surface area (Å²) in [7, 11) is 0. The van der Waals surface area contributed by atoms with Crippen LogP contribution in [0.15, 0.2) is 41.6 Å². The van der Waals surface area contributed by atoms with Gasteiger partial charge in [-0.1, -0.05) is 42.1 Å². The summed E-state index contributed by atoms with van der Waals surface area (Å²) in [5, 5.41) is -0.868. The number of halogens is 3. The number of thioether (sulfide) groups is 1. The molecular weight excluding hydrogens is 315 g/mol. The van der Waals surface area contributed by atoms with Gasteiger partial charge in [-0.2, -0.15) is 13.2 Å². The van der Waals surface area contributed by atoms with Gasteiger partial charge in [-0.15, -0.1) is 0 Å². The predicted molar refractivity (Wildman–Crippen MR) is 77.0 cm³/mol. The van der Waals surface area contributed by atoms with E-state index in [9.17, 15) is 18.0 Å². The summed E-state index contributed by atoms with van der Waals surface area (Å²) < 4.78 is 38.9. The van der Waals surface area contributed by atoms with Crippen LogP contribution in [0.2, 0.25) is 0 Å². The summed E-state index contributed by atoms with van der Waals surface area (Å²) in [4.78, 5) is 18.6. The van der Waals surface area contributed by atoms with Crippen molar-refractivity contribution in [3.05, 3.63) is 42.1 Å². The molecule has 1 aromatic carbocycles. The van der Waals surface area contributed by atoms with Gasteiger partial charge >= 0.3 is 6.18 Å². The highest BCUT2D eigenvalue weighted by Gasteiger charge is 2.34. The lowest BCUT2D eigenvalue weighted by Crippen LogP contribution is -2.23. The molecular formula is C14H12F3N3OS. The number of hydrogen-bond acceptors (Lipinski definition) is 4. The van der Waals surface area contributed by atoms with E-state index in [-0.39, 0.29) is 10.9 Å². The fraction of sp³-hybridized carbons (Fsp3) is 0.214. The number of carbonyl (C=O) groups excluding carboxylic acids is 1. The van der Waals surface area contributed by atoms with Gasteiger partial charge in [-0.3, -0.25) is 4.79 Å². The number of benzene rings is 1. The van der Waals surface area contributed by atoms with Crippen LogP contribution in [0.25, 0.3) is 11.3 Å². The summed E-state index contributed by atoms with van der Waals surface area (Å²) in [5.74, 6) is -0.646. The number of hydrogen-bond donors (Lipinski definition) is 1. The number of primary amides is 1. The van der Waals surface area contributed by atoms with Gasteiger partial charge in [0.25, 0.3) is 0 Å². The number of rotatable bonds is 4. The number of carbonyl (C=O) groups is 1. The molecule has 8 heteroatoms. The first-order valence-electron chi connectivity index (χ1n) is 6.25. The van der Waals surface area contributed by atoms with Crippen molar-refractivity contribution < 1.29 is 18.0 Å². The quantitative estimate of drug-likeness (QED) is 0.692. The van der Waals surface area contributed by atoms with Crippen molar-refractivity contribution in [2.24, 2.45) is 5.73 Å². The van der Waals surface area contributed by atoms with Gasteiger partial charge in [-0.05, 0) is 13.0 Å². The molecule has 0 radical (unpaired) electrons. The molecule has 0 bridgehead atoms. The van der Waals surface area contributed by atoms with Crippen LogP contribution in [-0.4, -0.2) is 21.1 Å². The second kappa shape index (κ2) is 6.35. The molecule has 2 rings (SSSR count). The van der Waals surface area contributed by atoms with Crippen molar-refractivity contribution in [3.8, 4) is 11.3 Å². The molecule has 4 nitrogen and oxygen atoms in total. The summed E-state index contributed by atoms with van der Waals surface area (Å²) in [6.07, 6.45) is -4.60. The first-order valence-corrected chi connectivity index (χ1v) is 7.13. The Balaban J connectivity index is 2.48. The normalized spacial score (nSPS) is 12.9. The summed E-state index contributed by atoms with van der Waals surface area (Å²) in [5.41, 5.74) is 4.74. The minimum absolute atomic E-state index is 0.139. The van der Waals surface area contributed by atoms with Gasteiger partial charge in [0.2, 0.25) is 5.91 Å². The second-order valence-corrected chi connectivity index (χ2v) is 5.76. The minimum Gasteiger partial charge on any atom is -0.369 e. The van der Waals surface area contributed by atoms with Gasteiger partial charge in [0.05, 0.1) is 10.9 Å².